The second-order valence-corrected chi connectivity index (χ2v) is 7.81. The molecule has 0 saturated carbocycles. The summed E-state index contributed by atoms with van der Waals surface area (Å²) in [5, 5.41) is 5.47. The first-order valence-corrected chi connectivity index (χ1v) is 9.77. The van der Waals surface area contributed by atoms with E-state index in [1.807, 2.05) is 64.8 Å². The summed E-state index contributed by atoms with van der Waals surface area (Å²) in [6.07, 6.45) is 3.98. The Morgan fingerprint density at radius 2 is 1.93 bits per heavy atom. The van der Waals surface area contributed by atoms with E-state index in [0.717, 1.165) is 34.0 Å². The molecule has 0 saturated heterocycles. The fraction of sp³-hybridized carbons (Fsp3) is 0.273. The van der Waals surface area contributed by atoms with E-state index in [-0.39, 0.29) is 12.4 Å². The first-order valence-electron chi connectivity index (χ1n) is 9.39. The van der Waals surface area contributed by atoms with Crippen molar-refractivity contribution in [2.45, 2.75) is 27.3 Å². The predicted molar refractivity (Wildman–Crippen MR) is 119 cm³/mol. The van der Waals surface area contributed by atoms with E-state index in [0.29, 0.717) is 24.1 Å². The number of pyridine rings is 1. The van der Waals surface area contributed by atoms with Crippen LogP contribution < -0.4 is 4.74 Å². The monoisotopic (exact) mass is 430 g/mol. The Labute approximate surface area is 181 Å². The molecule has 3 aromatic heterocycles. The third kappa shape index (κ3) is 4.74. The highest BCUT2D eigenvalue weighted by molar-refractivity contribution is 6.30. The van der Waals surface area contributed by atoms with Crippen molar-refractivity contribution >= 4 is 29.7 Å². The Morgan fingerprint density at radius 1 is 1.10 bits per heavy atom. The van der Waals surface area contributed by atoms with Crippen LogP contribution in [-0.2, 0) is 6.54 Å². The summed E-state index contributed by atoms with van der Waals surface area (Å²) in [4.78, 5) is 4.67. The lowest BCUT2D eigenvalue weighted by Crippen LogP contribution is -2.09. The third-order valence-corrected chi connectivity index (χ3v) is 4.76. The molecule has 152 valence electrons. The number of aromatic nitrogens is 4. The molecule has 7 heteroatoms. The number of hydrogen-bond donors (Lipinski definition) is 0. The second-order valence-electron chi connectivity index (χ2n) is 7.38. The molecule has 0 atom stereocenters. The number of ether oxygens (including phenoxy) is 1. The van der Waals surface area contributed by atoms with Crippen LogP contribution in [-0.4, -0.2) is 25.8 Å². The van der Waals surface area contributed by atoms with E-state index < -0.39 is 0 Å². The fourth-order valence-corrected chi connectivity index (χ4v) is 3.28. The number of benzene rings is 1. The molecule has 0 fully saturated rings. The van der Waals surface area contributed by atoms with Crippen LogP contribution in [0.2, 0.25) is 5.02 Å². The van der Waals surface area contributed by atoms with E-state index in [9.17, 15) is 0 Å². The van der Waals surface area contributed by atoms with E-state index in [1.165, 1.54) is 0 Å². The lowest BCUT2D eigenvalue weighted by Gasteiger charge is -2.14. The highest BCUT2D eigenvalue weighted by Gasteiger charge is 2.13. The number of fused-ring (bicyclic) bond motifs is 1. The number of hydrogen-bond acceptors (Lipinski definition) is 3. The smallest absolute Gasteiger partial charge is 0.137 e. The van der Waals surface area contributed by atoms with Crippen LogP contribution in [0.3, 0.4) is 0 Å². The molecule has 0 aliphatic carbocycles. The van der Waals surface area contributed by atoms with Crippen molar-refractivity contribution in [1.82, 2.24) is 19.2 Å². The van der Waals surface area contributed by atoms with Gasteiger partial charge >= 0.3 is 0 Å². The van der Waals surface area contributed by atoms with Crippen LogP contribution in [0.5, 0.6) is 5.75 Å². The zero-order valence-electron chi connectivity index (χ0n) is 16.7. The van der Waals surface area contributed by atoms with Gasteiger partial charge in [0.25, 0.3) is 0 Å². The zero-order chi connectivity index (χ0) is 19.7. The number of nitrogens with zero attached hydrogens (tertiary/aromatic N) is 4. The van der Waals surface area contributed by atoms with Crippen molar-refractivity contribution < 1.29 is 4.74 Å². The molecule has 0 radical (unpaired) electrons. The number of halogens is 2. The lowest BCUT2D eigenvalue weighted by molar-refractivity contribution is 0.268. The Bertz CT molecular complexity index is 1080. The zero-order valence-corrected chi connectivity index (χ0v) is 18.2. The quantitative estimate of drug-likeness (QED) is 0.396. The van der Waals surface area contributed by atoms with Crippen molar-refractivity contribution in [3.05, 3.63) is 71.1 Å². The van der Waals surface area contributed by atoms with Crippen LogP contribution in [0.1, 0.15) is 25.1 Å². The van der Waals surface area contributed by atoms with Crippen molar-refractivity contribution in [2.24, 2.45) is 5.92 Å². The normalized spacial score (nSPS) is 11.1. The van der Waals surface area contributed by atoms with E-state index >= 15 is 0 Å². The van der Waals surface area contributed by atoms with Gasteiger partial charge in [0, 0.05) is 28.7 Å². The third-order valence-electron chi connectivity index (χ3n) is 4.52. The van der Waals surface area contributed by atoms with E-state index in [1.54, 1.807) is 0 Å². The van der Waals surface area contributed by atoms with Crippen LogP contribution in [0.4, 0.5) is 0 Å². The highest BCUT2D eigenvalue weighted by Crippen LogP contribution is 2.26. The summed E-state index contributed by atoms with van der Waals surface area (Å²) < 4.78 is 9.95. The first kappa shape index (κ1) is 21.2. The van der Waals surface area contributed by atoms with Gasteiger partial charge in [-0.1, -0.05) is 31.5 Å². The molecular weight excluding hydrogens is 407 g/mol. The van der Waals surface area contributed by atoms with Gasteiger partial charge < -0.3 is 9.14 Å². The van der Waals surface area contributed by atoms with Gasteiger partial charge in [-0.05, 0) is 49.2 Å². The Hall–Kier alpha value is -2.50. The summed E-state index contributed by atoms with van der Waals surface area (Å²) in [5.41, 5.74) is 4.69. The molecule has 4 rings (SSSR count). The first-order chi connectivity index (χ1) is 13.5. The summed E-state index contributed by atoms with van der Waals surface area (Å²) in [6, 6.07) is 13.7. The minimum atomic E-state index is 0. The molecule has 3 heterocycles. The Balaban J connectivity index is 0.00000240. The average molecular weight is 431 g/mol. The number of rotatable bonds is 6. The molecule has 4 aromatic rings. The van der Waals surface area contributed by atoms with Gasteiger partial charge in [0.1, 0.15) is 22.8 Å². The minimum absolute atomic E-state index is 0. The standard InChI is InChI=1S/C22H23ClN4O.ClH/c1-15(2)14-28-21-8-7-18(23)11-17(21)12-27-16(3)10-19(25-27)20-13-26-9-5-4-6-22(26)24-20;/h4-11,13,15H,12,14H2,1-3H3;1H. The minimum Gasteiger partial charge on any atom is -0.493 e. The van der Waals surface area contributed by atoms with Crippen molar-refractivity contribution in [3.8, 4) is 17.1 Å². The van der Waals surface area contributed by atoms with Crippen molar-refractivity contribution in [3.63, 3.8) is 0 Å². The van der Waals surface area contributed by atoms with Gasteiger partial charge in [0.15, 0.2) is 0 Å². The van der Waals surface area contributed by atoms with Crippen LogP contribution in [0.15, 0.2) is 54.9 Å². The second kappa shape index (κ2) is 8.89. The van der Waals surface area contributed by atoms with Gasteiger partial charge in [-0.25, -0.2) is 4.98 Å². The highest BCUT2D eigenvalue weighted by atomic mass is 35.5. The molecule has 0 amide bonds. The maximum absolute atomic E-state index is 6.23. The van der Waals surface area contributed by atoms with Gasteiger partial charge in [0.05, 0.1) is 13.2 Å². The van der Waals surface area contributed by atoms with Gasteiger partial charge in [-0.2, -0.15) is 5.10 Å². The maximum Gasteiger partial charge on any atom is 0.137 e. The lowest BCUT2D eigenvalue weighted by atomic mass is 10.2. The molecule has 0 N–H and O–H groups in total. The van der Waals surface area contributed by atoms with Crippen molar-refractivity contribution in [2.75, 3.05) is 6.61 Å². The molecule has 0 bridgehead atoms. The van der Waals surface area contributed by atoms with Crippen LogP contribution in [0, 0.1) is 12.8 Å². The largest absolute Gasteiger partial charge is 0.493 e. The molecule has 1 aromatic carbocycles. The maximum atomic E-state index is 6.23. The molecule has 5 nitrogen and oxygen atoms in total. The molecule has 29 heavy (non-hydrogen) atoms. The molecule has 0 spiro atoms. The molecule has 0 unspecified atom stereocenters. The number of aryl methyl sites for hydroxylation is 1. The van der Waals surface area contributed by atoms with Crippen LogP contribution in [0.25, 0.3) is 17.0 Å². The van der Waals surface area contributed by atoms with Gasteiger partial charge in [-0.3, -0.25) is 4.68 Å². The Kier molecular flexibility index (Phi) is 6.50. The fourth-order valence-electron chi connectivity index (χ4n) is 3.08. The van der Waals surface area contributed by atoms with Gasteiger partial charge in [-0.15, -0.1) is 12.4 Å². The topological polar surface area (TPSA) is 44.4 Å². The van der Waals surface area contributed by atoms with Crippen molar-refractivity contribution in [1.29, 1.82) is 0 Å². The van der Waals surface area contributed by atoms with Crippen LogP contribution >= 0.6 is 24.0 Å². The summed E-state index contributed by atoms with van der Waals surface area (Å²) >= 11 is 6.23. The molecule has 0 aliphatic rings. The summed E-state index contributed by atoms with van der Waals surface area (Å²) in [6.45, 7) is 7.57. The van der Waals surface area contributed by atoms with E-state index in [4.69, 9.17) is 21.4 Å². The predicted octanol–water partition coefficient (Wildman–Crippen LogP) is 5.66. The average Bonchev–Trinajstić information content (AvgIpc) is 3.24. The molecule has 0 aliphatic heterocycles. The number of imidazole rings is 1. The molecular formula is C22H24Cl2N4O. The summed E-state index contributed by atoms with van der Waals surface area (Å²) in [5.74, 6) is 1.30. The SMILES string of the molecule is Cc1cc(-c2cn3ccccc3n2)nn1Cc1cc(Cl)ccc1OCC(C)C.Cl. The summed E-state index contributed by atoms with van der Waals surface area (Å²) in [7, 11) is 0. The van der Waals surface area contributed by atoms with Gasteiger partial charge in [0.2, 0.25) is 0 Å². The van der Waals surface area contributed by atoms with E-state index in [2.05, 4.69) is 24.9 Å². The Morgan fingerprint density at radius 3 is 2.69 bits per heavy atom.